The van der Waals surface area contributed by atoms with E-state index in [1.54, 1.807) is 19.9 Å². The molecular formula is C9H11NO3. The molecule has 4 nitrogen and oxygen atoms in total. The Morgan fingerprint density at radius 2 is 2.00 bits per heavy atom. The lowest BCUT2D eigenvalue weighted by Gasteiger charge is -2.10. The molecule has 0 fully saturated rings. The first kappa shape index (κ1) is 9.67. The molecule has 0 amide bonds. The van der Waals surface area contributed by atoms with Crippen LogP contribution in [0.1, 0.15) is 13.8 Å². The average Bonchev–Trinajstić information content (AvgIpc) is 2.11. The minimum absolute atomic E-state index is 0.0222. The maximum atomic E-state index is 10.5. The molecule has 0 spiro atoms. The molecule has 1 aliphatic rings. The van der Waals surface area contributed by atoms with Gasteiger partial charge in [-0.1, -0.05) is 6.08 Å². The minimum atomic E-state index is -1.10. The molecule has 0 heterocycles. The number of aliphatic hydroxyl groups is 1. The van der Waals surface area contributed by atoms with Crippen molar-refractivity contribution in [3.05, 3.63) is 45.7 Å². The number of nitro groups is 1. The zero-order chi connectivity index (χ0) is 10.1. The molecule has 0 bridgehead atoms. The van der Waals surface area contributed by atoms with E-state index in [0.29, 0.717) is 5.57 Å². The smallest absolute Gasteiger partial charge is 0.272 e. The molecule has 4 heteroatoms. The number of hydrogen-bond donors (Lipinski definition) is 1. The van der Waals surface area contributed by atoms with Crippen molar-refractivity contribution >= 4 is 0 Å². The second kappa shape index (κ2) is 3.14. The summed E-state index contributed by atoms with van der Waals surface area (Å²) in [5.74, 6) is 0. The molecule has 0 aromatic heterocycles. The molecule has 13 heavy (non-hydrogen) atoms. The van der Waals surface area contributed by atoms with Crippen LogP contribution in [0.5, 0.6) is 0 Å². The minimum Gasteiger partial charge on any atom is -0.382 e. The van der Waals surface area contributed by atoms with E-state index in [0.717, 1.165) is 0 Å². The van der Waals surface area contributed by atoms with Crippen LogP contribution in [0.4, 0.5) is 0 Å². The number of allylic oxidation sites excluding steroid dienone is 3. The number of rotatable bonds is 1. The fourth-order valence-corrected chi connectivity index (χ4v) is 1.02. The first-order chi connectivity index (χ1) is 5.92. The lowest BCUT2D eigenvalue weighted by atomic mass is 10.1. The van der Waals surface area contributed by atoms with Crippen molar-refractivity contribution in [2.24, 2.45) is 0 Å². The standard InChI is InChI=1S/C9H11NO3/c1-7-3-5-9(2,11)6-4-8(7)10(12)13/h3-6,11H,1-2H3. The second-order valence-electron chi connectivity index (χ2n) is 3.22. The molecule has 1 N–H and O–H groups in total. The van der Waals surface area contributed by atoms with Gasteiger partial charge in [-0.05, 0) is 26.0 Å². The Balaban J connectivity index is 3.12. The summed E-state index contributed by atoms with van der Waals surface area (Å²) in [5, 5.41) is 20.1. The van der Waals surface area contributed by atoms with E-state index in [1.807, 2.05) is 0 Å². The van der Waals surface area contributed by atoms with Gasteiger partial charge in [-0.2, -0.15) is 0 Å². The molecule has 0 aromatic carbocycles. The molecule has 1 aliphatic carbocycles. The highest BCUT2D eigenvalue weighted by Gasteiger charge is 2.19. The van der Waals surface area contributed by atoms with Gasteiger partial charge >= 0.3 is 0 Å². The molecule has 1 atom stereocenters. The van der Waals surface area contributed by atoms with Crippen molar-refractivity contribution in [2.75, 3.05) is 0 Å². The Kier molecular flexibility index (Phi) is 2.34. The first-order valence-electron chi connectivity index (χ1n) is 3.88. The zero-order valence-electron chi connectivity index (χ0n) is 7.52. The van der Waals surface area contributed by atoms with Crippen LogP contribution in [0.2, 0.25) is 0 Å². The van der Waals surface area contributed by atoms with Crippen LogP contribution in [0.3, 0.4) is 0 Å². The van der Waals surface area contributed by atoms with E-state index in [-0.39, 0.29) is 5.70 Å². The third-order valence-electron chi connectivity index (χ3n) is 1.85. The normalized spacial score (nSPS) is 27.6. The van der Waals surface area contributed by atoms with Gasteiger partial charge in [-0.15, -0.1) is 0 Å². The van der Waals surface area contributed by atoms with Gasteiger partial charge in [0.15, 0.2) is 0 Å². The highest BCUT2D eigenvalue weighted by atomic mass is 16.6. The molecule has 0 aromatic rings. The van der Waals surface area contributed by atoms with Gasteiger partial charge < -0.3 is 5.11 Å². The Morgan fingerprint density at radius 3 is 2.54 bits per heavy atom. The second-order valence-corrected chi connectivity index (χ2v) is 3.22. The predicted octanol–water partition coefficient (Wildman–Crippen LogP) is 1.41. The Bertz CT molecular complexity index is 324. The van der Waals surface area contributed by atoms with Gasteiger partial charge in [-0.25, -0.2) is 0 Å². The molecule has 0 saturated carbocycles. The van der Waals surface area contributed by atoms with Crippen LogP contribution in [-0.2, 0) is 0 Å². The zero-order valence-corrected chi connectivity index (χ0v) is 7.52. The lowest BCUT2D eigenvalue weighted by Crippen LogP contribution is -2.15. The molecule has 0 radical (unpaired) electrons. The number of hydrogen-bond acceptors (Lipinski definition) is 3. The highest BCUT2D eigenvalue weighted by molar-refractivity contribution is 5.34. The van der Waals surface area contributed by atoms with E-state index in [9.17, 15) is 15.2 Å². The van der Waals surface area contributed by atoms with Gasteiger partial charge in [0.25, 0.3) is 5.70 Å². The molecule has 70 valence electrons. The maximum absolute atomic E-state index is 10.5. The van der Waals surface area contributed by atoms with E-state index in [4.69, 9.17) is 0 Å². The van der Waals surface area contributed by atoms with E-state index < -0.39 is 10.5 Å². The Morgan fingerprint density at radius 1 is 1.46 bits per heavy atom. The molecule has 0 saturated heterocycles. The van der Waals surface area contributed by atoms with Crippen molar-refractivity contribution in [2.45, 2.75) is 19.4 Å². The number of nitrogens with zero attached hydrogens (tertiary/aromatic N) is 1. The average molecular weight is 181 g/mol. The van der Waals surface area contributed by atoms with E-state index in [2.05, 4.69) is 0 Å². The largest absolute Gasteiger partial charge is 0.382 e. The van der Waals surface area contributed by atoms with Crippen molar-refractivity contribution in [3.8, 4) is 0 Å². The van der Waals surface area contributed by atoms with Gasteiger partial charge in [0, 0.05) is 11.6 Å². The predicted molar refractivity (Wildman–Crippen MR) is 48.6 cm³/mol. The van der Waals surface area contributed by atoms with Crippen LogP contribution < -0.4 is 0 Å². The Hall–Kier alpha value is -1.42. The fourth-order valence-electron chi connectivity index (χ4n) is 1.02. The summed E-state index contributed by atoms with van der Waals surface area (Å²) in [4.78, 5) is 10.0. The van der Waals surface area contributed by atoms with Crippen molar-refractivity contribution < 1.29 is 10.0 Å². The fraction of sp³-hybridized carbons (Fsp3) is 0.333. The lowest BCUT2D eigenvalue weighted by molar-refractivity contribution is -0.419. The highest BCUT2D eigenvalue weighted by Crippen LogP contribution is 2.18. The first-order valence-corrected chi connectivity index (χ1v) is 3.88. The van der Waals surface area contributed by atoms with Crippen LogP contribution in [0, 0.1) is 10.1 Å². The summed E-state index contributed by atoms with van der Waals surface area (Å²) in [5.41, 5.74) is -0.535. The summed E-state index contributed by atoms with van der Waals surface area (Å²) >= 11 is 0. The maximum Gasteiger partial charge on any atom is 0.272 e. The van der Waals surface area contributed by atoms with Crippen molar-refractivity contribution in [1.82, 2.24) is 0 Å². The third kappa shape index (κ3) is 2.26. The summed E-state index contributed by atoms with van der Waals surface area (Å²) < 4.78 is 0. The third-order valence-corrected chi connectivity index (χ3v) is 1.85. The van der Waals surface area contributed by atoms with Crippen LogP contribution in [0.15, 0.2) is 35.6 Å². The summed E-state index contributed by atoms with van der Waals surface area (Å²) in [6.07, 6.45) is 5.81. The van der Waals surface area contributed by atoms with Crippen molar-refractivity contribution in [1.29, 1.82) is 0 Å². The summed E-state index contributed by atoms with van der Waals surface area (Å²) in [7, 11) is 0. The van der Waals surface area contributed by atoms with Crippen LogP contribution in [0.25, 0.3) is 0 Å². The Labute approximate surface area is 76.0 Å². The topological polar surface area (TPSA) is 63.4 Å². The van der Waals surface area contributed by atoms with E-state index in [1.165, 1.54) is 18.2 Å². The van der Waals surface area contributed by atoms with Gasteiger partial charge in [0.1, 0.15) is 0 Å². The van der Waals surface area contributed by atoms with E-state index >= 15 is 0 Å². The molecular weight excluding hydrogens is 170 g/mol. The molecule has 0 aliphatic heterocycles. The van der Waals surface area contributed by atoms with Crippen molar-refractivity contribution in [3.63, 3.8) is 0 Å². The SMILES string of the molecule is CC1=C([N+](=O)[O-])C=CC(C)(O)C=C1. The van der Waals surface area contributed by atoms with Gasteiger partial charge in [-0.3, -0.25) is 10.1 Å². The summed E-state index contributed by atoms with van der Waals surface area (Å²) in [6.45, 7) is 3.20. The van der Waals surface area contributed by atoms with Crippen LogP contribution in [-0.4, -0.2) is 15.6 Å². The molecule has 1 rings (SSSR count). The van der Waals surface area contributed by atoms with Gasteiger partial charge in [0.2, 0.25) is 0 Å². The monoisotopic (exact) mass is 181 g/mol. The molecule has 1 unspecified atom stereocenters. The van der Waals surface area contributed by atoms with Gasteiger partial charge in [0.05, 0.1) is 10.5 Å². The van der Waals surface area contributed by atoms with Crippen LogP contribution >= 0.6 is 0 Å². The summed E-state index contributed by atoms with van der Waals surface area (Å²) in [6, 6.07) is 0. The quantitative estimate of drug-likeness (QED) is 0.491.